The van der Waals surface area contributed by atoms with Crippen LogP contribution >= 0.6 is 11.6 Å². The molecule has 1 amide bonds. The van der Waals surface area contributed by atoms with Crippen molar-refractivity contribution >= 4 is 17.7 Å². The quantitative estimate of drug-likeness (QED) is 0.806. The van der Waals surface area contributed by atoms with Crippen LogP contribution in [0.4, 0.5) is 4.79 Å². The second-order valence-corrected chi connectivity index (χ2v) is 5.52. The normalized spacial score (nSPS) is 17.8. The first-order chi connectivity index (χ1) is 10.2. The first kappa shape index (κ1) is 14.0. The van der Waals surface area contributed by atoms with E-state index in [1.807, 2.05) is 42.5 Å². The number of carbonyl (C=O) groups excluding carboxylic acids is 1. The zero-order valence-electron chi connectivity index (χ0n) is 11.5. The summed E-state index contributed by atoms with van der Waals surface area (Å²) in [5, 5.41) is 0.691. The summed E-state index contributed by atoms with van der Waals surface area (Å²) in [6.45, 7) is 0.711. The zero-order chi connectivity index (χ0) is 14.7. The van der Waals surface area contributed by atoms with Crippen molar-refractivity contribution in [2.75, 3.05) is 6.54 Å². The number of nitrogens with zero attached hydrogens (tertiary/aromatic N) is 1. The summed E-state index contributed by atoms with van der Waals surface area (Å²) in [6.07, 6.45) is 1.61. The van der Waals surface area contributed by atoms with E-state index < -0.39 is 0 Å². The van der Waals surface area contributed by atoms with Crippen LogP contribution in [0.25, 0.3) is 0 Å². The molecule has 108 valence electrons. The number of rotatable bonds is 2. The Hall–Kier alpha value is -2.00. The third-order valence-corrected chi connectivity index (χ3v) is 3.90. The predicted molar refractivity (Wildman–Crippen MR) is 82.6 cm³/mol. The second kappa shape index (κ2) is 6.19. The Balaban J connectivity index is 1.76. The highest BCUT2D eigenvalue weighted by atomic mass is 35.5. The molecule has 21 heavy (non-hydrogen) atoms. The molecule has 0 bridgehead atoms. The molecule has 3 rings (SSSR count). The molecule has 0 N–H and O–H groups in total. The van der Waals surface area contributed by atoms with Crippen LogP contribution in [-0.4, -0.2) is 17.5 Å². The Morgan fingerprint density at radius 2 is 1.95 bits per heavy atom. The smallest absolute Gasteiger partial charge is 0.410 e. The first-order valence-electron chi connectivity index (χ1n) is 7.03. The number of para-hydroxylation sites is 1. The molecule has 0 aliphatic carbocycles. The van der Waals surface area contributed by atoms with Crippen LogP contribution in [0.15, 0.2) is 54.6 Å². The molecule has 1 heterocycles. The van der Waals surface area contributed by atoms with Gasteiger partial charge < -0.3 is 9.64 Å². The Bertz CT molecular complexity index is 630. The number of hydrogen-bond donors (Lipinski definition) is 0. The second-order valence-electron chi connectivity index (χ2n) is 5.09. The maximum absolute atomic E-state index is 12.4. The maximum atomic E-state index is 12.4. The number of hydrogen-bond acceptors (Lipinski definition) is 2. The third-order valence-electron chi connectivity index (χ3n) is 3.67. The van der Waals surface area contributed by atoms with Crippen molar-refractivity contribution in [3.8, 4) is 5.75 Å². The average molecular weight is 302 g/mol. The standard InChI is InChI=1S/C17H16ClNO2/c18-14-7-4-6-13(12-14)16-10-5-11-19(16)17(20)21-15-8-2-1-3-9-15/h1-4,6-9,12,16H,5,10-11H2. The van der Waals surface area contributed by atoms with Crippen molar-refractivity contribution in [2.45, 2.75) is 18.9 Å². The Kier molecular flexibility index (Phi) is 4.11. The molecule has 1 fully saturated rings. The van der Waals surface area contributed by atoms with Crippen LogP contribution in [-0.2, 0) is 0 Å². The van der Waals surface area contributed by atoms with Crippen molar-refractivity contribution in [1.29, 1.82) is 0 Å². The van der Waals surface area contributed by atoms with Crippen LogP contribution < -0.4 is 4.74 Å². The van der Waals surface area contributed by atoms with Crippen LogP contribution in [0.2, 0.25) is 5.02 Å². The largest absolute Gasteiger partial charge is 0.415 e. The molecule has 1 saturated heterocycles. The summed E-state index contributed by atoms with van der Waals surface area (Å²) in [6, 6.07) is 16.9. The van der Waals surface area contributed by atoms with E-state index in [0.717, 1.165) is 18.4 Å². The van der Waals surface area contributed by atoms with Crippen LogP contribution in [0.5, 0.6) is 5.75 Å². The number of amides is 1. The molecular weight excluding hydrogens is 286 g/mol. The van der Waals surface area contributed by atoms with E-state index in [4.69, 9.17) is 16.3 Å². The van der Waals surface area contributed by atoms with Gasteiger partial charge in [0.25, 0.3) is 0 Å². The number of halogens is 1. The van der Waals surface area contributed by atoms with Crippen LogP contribution in [0, 0.1) is 0 Å². The number of benzene rings is 2. The highest BCUT2D eigenvalue weighted by molar-refractivity contribution is 6.30. The highest BCUT2D eigenvalue weighted by Crippen LogP contribution is 2.33. The summed E-state index contributed by atoms with van der Waals surface area (Å²) >= 11 is 6.05. The highest BCUT2D eigenvalue weighted by Gasteiger charge is 2.31. The fraction of sp³-hybridized carbons (Fsp3) is 0.235. The number of carbonyl (C=O) groups is 1. The molecule has 4 heteroatoms. The Morgan fingerprint density at radius 3 is 2.71 bits per heavy atom. The lowest BCUT2D eigenvalue weighted by Crippen LogP contribution is -2.33. The third kappa shape index (κ3) is 3.19. The molecule has 0 saturated carbocycles. The molecule has 1 atom stereocenters. The van der Waals surface area contributed by atoms with Gasteiger partial charge in [-0.3, -0.25) is 0 Å². The van der Waals surface area contributed by atoms with E-state index in [1.54, 1.807) is 17.0 Å². The number of ether oxygens (including phenoxy) is 1. The van der Waals surface area contributed by atoms with Gasteiger partial charge in [0.15, 0.2) is 0 Å². The van der Waals surface area contributed by atoms with Crippen LogP contribution in [0.1, 0.15) is 24.4 Å². The van der Waals surface area contributed by atoms with E-state index in [9.17, 15) is 4.79 Å². The summed E-state index contributed by atoms with van der Waals surface area (Å²) < 4.78 is 5.43. The van der Waals surface area contributed by atoms with E-state index in [0.29, 0.717) is 17.3 Å². The van der Waals surface area contributed by atoms with Gasteiger partial charge in [0.05, 0.1) is 6.04 Å². The molecular formula is C17H16ClNO2. The molecule has 0 aromatic heterocycles. The SMILES string of the molecule is O=C(Oc1ccccc1)N1CCCC1c1cccc(Cl)c1. The Labute approximate surface area is 129 Å². The minimum atomic E-state index is -0.302. The van der Waals surface area contributed by atoms with Gasteiger partial charge in [0.1, 0.15) is 5.75 Å². The van der Waals surface area contributed by atoms with Gasteiger partial charge in [-0.2, -0.15) is 0 Å². The lowest BCUT2D eigenvalue weighted by molar-refractivity contribution is 0.147. The topological polar surface area (TPSA) is 29.5 Å². The maximum Gasteiger partial charge on any atom is 0.415 e. The van der Waals surface area contributed by atoms with Crippen molar-refractivity contribution in [1.82, 2.24) is 4.90 Å². The average Bonchev–Trinajstić information content (AvgIpc) is 2.98. The first-order valence-corrected chi connectivity index (χ1v) is 7.41. The fourth-order valence-electron chi connectivity index (χ4n) is 2.69. The van der Waals surface area contributed by atoms with Gasteiger partial charge in [-0.15, -0.1) is 0 Å². The molecule has 3 nitrogen and oxygen atoms in total. The zero-order valence-corrected chi connectivity index (χ0v) is 12.3. The monoisotopic (exact) mass is 301 g/mol. The summed E-state index contributed by atoms with van der Waals surface area (Å²) in [5.74, 6) is 0.569. The van der Waals surface area contributed by atoms with Crippen molar-refractivity contribution in [3.63, 3.8) is 0 Å². The van der Waals surface area contributed by atoms with Gasteiger partial charge in [0, 0.05) is 11.6 Å². The van der Waals surface area contributed by atoms with Gasteiger partial charge in [-0.25, -0.2) is 4.79 Å². The molecule has 2 aromatic rings. The summed E-state index contributed by atoms with van der Waals surface area (Å²) in [7, 11) is 0. The molecule has 0 radical (unpaired) electrons. The van der Waals surface area contributed by atoms with E-state index >= 15 is 0 Å². The molecule has 1 aliphatic heterocycles. The van der Waals surface area contributed by atoms with Gasteiger partial charge in [0.2, 0.25) is 0 Å². The predicted octanol–water partition coefficient (Wildman–Crippen LogP) is 4.68. The minimum absolute atomic E-state index is 0.0416. The minimum Gasteiger partial charge on any atom is -0.410 e. The fourth-order valence-corrected chi connectivity index (χ4v) is 2.89. The van der Waals surface area contributed by atoms with Gasteiger partial charge in [-0.1, -0.05) is 41.9 Å². The molecule has 1 aliphatic rings. The summed E-state index contributed by atoms with van der Waals surface area (Å²) in [4.78, 5) is 14.1. The summed E-state index contributed by atoms with van der Waals surface area (Å²) in [5.41, 5.74) is 1.06. The number of likely N-dealkylation sites (tertiary alicyclic amines) is 1. The Morgan fingerprint density at radius 1 is 1.14 bits per heavy atom. The van der Waals surface area contributed by atoms with Crippen LogP contribution in [0.3, 0.4) is 0 Å². The lowest BCUT2D eigenvalue weighted by Gasteiger charge is -2.24. The molecule has 1 unspecified atom stereocenters. The molecule has 2 aromatic carbocycles. The van der Waals surface area contributed by atoms with Crippen molar-refractivity contribution in [3.05, 3.63) is 65.2 Å². The van der Waals surface area contributed by atoms with E-state index in [2.05, 4.69) is 0 Å². The van der Waals surface area contributed by atoms with Gasteiger partial charge >= 0.3 is 6.09 Å². The lowest BCUT2D eigenvalue weighted by atomic mass is 10.1. The van der Waals surface area contributed by atoms with Gasteiger partial charge in [-0.05, 0) is 42.7 Å². The molecule has 0 spiro atoms. The van der Waals surface area contributed by atoms with Crippen molar-refractivity contribution in [2.24, 2.45) is 0 Å². The van der Waals surface area contributed by atoms with E-state index in [-0.39, 0.29) is 12.1 Å². The van der Waals surface area contributed by atoms with E-state index in [1.165, 1.54) is 0 Å². The van der Waals surface area contributed by atoms with Crippen molar-refractivity contribution < 1.29 is 9.53 Å².